The first-order valence-electron chi connectivity index (χ1n) is 7.57. The average molecular weight is 310 g/mol. The van der Waals surface area contributed by atoms with E-state index < -0.39 is 0 Å². The van der Waals surface area contributed by atoms with Crippen molar-refractivity contribution >= 4 is 23.2 Å². The number of hydrogen-bond acceptors (Lipinski definition) is 3. The fourth-order valence-corrected chi connectivity index (χ4v) is 3.06. The SMILES string of the molecule is Cc1ccc(Cl)cc1NC(=O)CN1CCCC(CCN)C1. The smallest absolute Gasteiger partial charge is 0.238 e. The van der Waals surface area contributed by atoms with Crippen LogP contribution in [0.5, 0.6) is 0 Å². The standard InChI is InChI=1S/C16H24ClN3O/c1-12-4-5-14(17)9-15(12)19-16(21)11-20-8-2-3-13(10-20)6-7-18/h4-5,9,13H,2-3,6-8,10-11,18H2,1H3,(H,19,21). The van der Waals surface area contributed by atoms with Crippen molar-refractivity contribution in [2.75, 3.05) is 31.5 Å². The van der Waals surface area contributed by atoms with Gasteiger partial charge in [0.1, 0.15) is 0 Å². The van der Waals surface area contributed by atoms with Crippen LogP contribution in [0.15, 0.2) is 18.2 Å². The topological polar surface area (TPSA) is 58.4 Å². The molecule has 1 unspecified atom stereocenters. The number of carbonyl (C=O) groups is 1. The fraction of sp³-hybridized carbons (Fsp3) is 0.562. The molecule has 0 bridgehead atoms. The van der Waals surface area contributed by atoms with Crippen LogP contribution >= 0.6 is 11.6 Å². The summed E-state index contributed by atoms with van der Waals surface area (Å²) in [7, 11) is 0. The summed E-state index contributed by atoms with van der Waals surface area (Å²) in [5, 5.41) is 3.59. The van der Waals surface area contributed by atoms with Crippen LogP contribution in [0.3, 0.4) is 0 Å². The molecule has 0 aromatic heterocycles. The van der Waals surface area contributed by atoms with Crippen LogP contribution in [0.25, 0.3) is 0 Å². The molecule has 0 aliphatic carbocycles. The van der Waals surface area contributed by atoms with E-state index in [1.54, 1.807) is 6.07 Å². The highest BCUT2D eigenvalue weighted by Crippen LogP contribution is 2.21. The number of rotatable bonds is 5. The van der Waals surface area contributed by atoms with Gasteiger partial charge in [0, 0.05) is 17.3 Å². The Morgan fingerprint density at radius 3 is 3.10 bits per heavy atom. The molecule has 116 valence electrons. The Hall–Kier alpha value is -1.10. The quantitative estimate of drug-likeness (QED) is 0.879. The lowest BCUT2D eigenvalue weighted by Gasteiger charge is -2.32. The zero-order valence-corrected chi connectivity index (χ0v) is 13.3. The van der Waals surface area contributed by atoms with Gasteiger partial charge < -0.3 is 11.1 Å². The normalized spacial score (nSPS) is 19.5. The van der Waals surface area contributed by atoms with Gasteiger partial charge in [0.15, 0.2) is 0 Å². The predicted octanol–water partition coefficient (Wildman–Crippen LogP) is 2.65. The van der Waals surface area contributed by atoms with Crippen LogP contribution in [0.1, 0.15) is 24.8 Å². The average Bonchev–Trinajstić information content (AvgIpc) is 2.43. The first-order valence-corrected chi connectivity index (χ1v) is 7.94. The van der Waals surface area contributed by atoms with Crippen LogP contribution in [0, 0.1) is 12.8 Å². The summed E-state index contributed by atoms with van der Waals surface area (Å²) in [6.45, 7) is 5.09. The summed E-state index contributed by atoms with van der Waals surface area (Å²) < 4.78 is 0. The number of amides is 1. The van der Waals surface area contributed by atoms with Crippen LogP contribution in [0.2, 0.25) is 5.02 Å². The van der Waals surface area contributed by atoms with Crippen molar-refractivity contribution in [2.45, 2.75) is 26.2 Å². The Bertz CT molecular complexity index is 490. The van der Waals surface area contributed by atoms with Gasteiger partial charge in [0.25, 0.3) is 0 Å². The summed E-state index contributed by atoms with van der Waals surface area (Å²) in [6.07, 6.45) is 3.42. The Morgan fingerprint density at radius 2 is 2.33 bits per heavy atom. The molecule has 1 atom stereocenters. The number of piperidine rings is 1. The molecule has 3 N–H and O–H groups in total. The Labute approximate surface area is 131 Å². The van der Waals surface area contributed by atoms with Crippen molar-refractivity contribution in [3.63, 3.8) is 0 Å². The molecule has 1 aliphatic rings. The Kier molecular flexibility index (Phi) is 6.03. The maximum Gasteiger partial charge on any atom is 0.238 e. The third kappa shape index (κ3) is 4.99. The minimum atomic E-state index is 0.0220. The highest BCUT2D eigenvalue weighted by molar-refractivity contribution is 6.31. The van der Waals surface area contributed by atoms with Gasteiger partial charge in [-0.3, -0.25) is 9.69 Å². The summed E-state index contributed by atoms with van der Waals surface area (Å²) >= 11 is 5.97. The van der Waals surface area contributed by atoms with Crippen molar-refractivity contribution in [3.8, 4) is 0 Å². The van der Waals surface area contributed by atoms with Crippen molar-refractivity contribution in [1.82, 2.24) is 4.90 Å². The van der Waals surface area contributed by atoms with Crippen LogP contribution in [-0.2, 0) is 4.79 Å². The number of hydrogen-bond donors (Lipinski definition) is 2. The molecule has 1 amide bonds. The minimum Gasteiger partial charge on any atom is -0.330 e. The van der Waals surface area contributed by atoms with Gasteiger partial charge in [-0.05, 0) is 62.9 Å². The zero-order valence-electron chi connectivity index (χ0n) is 12.6. The van der Waals surface area contributed by atoms with Crippen molar-refractivity contribution < 1.29 is 4.79 Å². The lowest BCUT2D eigenvalue weighted by atomic mass is 9.95. The van der Waals surface area contributed by atoms with Gasteiger partial charge in [-0.15, -0.1) is 0 Å². The van der Waals surface area contributed by atoms with Crippen LogP contribution in [-0.4, -0.2) is 37.0 Å². The van der Waals surface area contributed by atoms with Crippen molar-refractivity contribution in [2.24, 2.45) is 11.7 Å². The number of nitrogens with zero attached hydrogens (tertiary/aromatic N) is 1. The second-order valence-corrected chi connectivity index (χ2v) is 6.26. The third-order valence-corrected chi connectivity index (χ3v) is 4.25. The molecule has 1 aromatic rings. The van der Waals surface area contributed by atoms with Gasteiger partial charge in [-0.25, -0.2) is 0 Å². The molecule has 1 aromatic carbocycles. The molecular formula is C16H24ClN3O. The van der Waals surface area contributed by atoms with Crippen LogP contribution in [0.4, 0.5) is 5.69 Å². The van der Waals surface area contributed by atoms with E-state index in [1.165, 1.54) is 6.42 Å². The lowest BCUT2D eigenvalue weighted by Crippen LogP contribution is -2.41. The van der Waals surface area contributed by atoms with E-state index in [1.807, 2.05) is 19.1 Å². The highest BCUT2D eigenvalue weighted by Gasteiger charge is 2.21. The minimum absolute atomic E-state index is 0.0220. The largest absolute Gasteiger partial charge is 0.330 e. The Morgan fingerprint density at radius 1 is 1.52 bits per heavy atom. The number of nitrogens with two attached hydrogens (primary N) is 1. The maximum atomic E-state index is 12.2. The molecule has 21 heavy (non-hydrogen) atoms. The third-order valence-electron chi connectivity index (χ3n) is 4.02. The van der Waals surface area contributed by atoms with Gasteiger partial charge in [0.2, 0.25) is 5.91 Å². The summed E-state index contributed by atoms with van der Waals surface area (Å²) in [6, 6.07) is 5.53. The maximum absolute atomic E-state index is 12.2. The van der Waals surface area contributed by atoms with Crippen molar-refractivity contribution in [3.05, 3.63) is 28.8 Å². The molecule has 2 rings (SSSR count). The molecule has 0 saturated carbocycles. The zero-order chi connectivity index (χ0) is 15.2. The van der Waals surface area contributed by atoms with E-state index in [0.29, 0.717) is 17.5 Å². The second kappa shape index (κ2) is 7.78. The summed E-state index contributed by atoms with van der Waals surface area (Å²) in [4.78, 5) is 14.4. The first kappa shape index (κ1) is 16.3. The number of carbonyl (C=O) groups excluding carboxylic acids is 1. The highest BCUT2D eigenvalue weighted by atomic mass is 35.5. The number of benzene rings is 1. The molecule has 1 saturated heterocycles. The summed E-state index contributed by atoms with van der Waals surface area (Å²) in [5.74, 6) is 0.651. The molecule has 4 nitrogen and oxygen atoms in total. The molecule has 1 aliphatic heterocycles. The van der Waals surface area contributed by atoms with E-state index >= 15 is 0 Å². The van der Waals surface area contributed by atoms with Crippen LogP contribution < -0.4 is 11.1 Å². The molecule has 1 heterocycles. The van der Waals surface area contributed by atoms with E-state index in [-0.39, 0.29) is 5.91 Å². The molecule has 0 spiro atoms. The van der Waals surface area contributed by atoms with E-state index in [2.05, 4.69) is 10.2 Å². The number of halogens is 1. The van der Waals surface area contributed by atoms with Crippen molar-refractivity contribution in [1.29, 1.82) is 0 Å². The molecule has 5 heteroatoms. The molecule has 0 radical (unpaired) electrons. The summed E-state index contributed by atoms with van der Waals surface area (Å²) in [5.41, 5.74) is 7.44. The second-order valence-electron chi connectivity index (χ2n) is 5.83. The number of aryl methyl sites for hydroxylation is 1. The van der Waals surface area contributed by atoms with E-state index in [9.17, 15) is 4.79 Å². The van der Waals surface area contributed by atoms with Gasteiger partial charge in [-0.2, -0.15) is 0 Å². The molecule has 1 fully saturated rings. The van der Waals surface area contributed by atoms with Gasteiger partial charge >= 0.3 is 0 Å². The Balaban J connectivity index is 1.88. The molecular weight excluding hydrogens is 286 g/mol. The van der Waals surface area contributed by atoms with E-state index in [0.717, 1.165) is 43.7 Å². The van der Waals surface area contributed by atoms with Gasteiger partial charge in [0.05, 0.1) is 6.54 Å². The predicted molar refractivity (Wildman–Crippen MR) is 87.7 cm³/mol. The first-order chi connectivity index (χ1) is 10.1. The van der Waals surface area contributed by atoms with Gasteiger partial charge in [-0.1, -0.05) is 17.7 Å². The van der Waals surface area contributed by atoms with E-state index in [4.69, 9.17) is 17.3 Å². The lowest BCUT2D eigenvalue weighted by molar-refractivity contribution is -0.117. The number of likely N-dealkylation sites (tertiary alicyclic amines) is 1. The monoisotopic (exact) mass is 309 g/mol. The number of nitrogens with one attached hydrogen (secondary N) is 1. The number of anilines is 1. The fourth-order valence-electron chi connectivity index (χ4n) is 2.89.